The van der Waals surface area contributed by atoms with E-state index >= 15 is 0 Å². The minimum Gasteiger partial charge on any atom is -0.293 e. The van der Waals surface area contributed by atoms with Gasteiger partial charge in [0.15, 0.2) is 0 Å². The van der Waals surface area contributed by atoms with Crippen molar-refractivity contribution in [1.82, 2.24) is 10.3 Å². The molecule has 76 valence electrons. The molecule has 0 unspecified atom stereocenters. The average Bonchev–Trinajstić information content (AvgIpc) is 2.16. The van der Waals surface area contributed by atoms with Crippen LogP contribution in [-0.2, 0) is 4.79 Å². The molecule has 4 nitrogen and oxygen atoms in total. The normalized spacial score (nSPS) is 26.8. The van der Waals surface area contributed by atoms with Crippen LogP contribution in [0.3, 0.4) is 0 Å². The Labute approximate surface area is 79.4 Å². The van der Waals surface area contributed by atoms with Crippen LogP contribution < -0.4 is 11.3 Å². The van der Waals surface area contributed by atoms with Gasteiger partial charge in [-0.15, -0.1) is 0 Å². The van der Waals surface area contributed by atoms with Gasteiger partial charge in [-0.05, 0) is 33.2 Å². The number of nitrogens with two attached hydrogens (primary N) is 1. The Hall–Kier alpha value is -0.610. The summed E-state index contributed by atoms with van der Waals surface area (Å²) in [4.78, 5) is 13.5. The highest BCUT2D eigenvalue weighted by Crippen LogP contribution is 2.18. The van der Waals surface area contributed by atoms with Gasteiger partial charge in [-0.1, -0.05) is 6.42 Å². The van der Waals surface area contributed by atoms with E-state index in [0.29, 0.717) is 6.04 Å². The van der Waals surface area contributed by atoms with Gasteiger partial charge in [0.25, 0.3) is 5.91 Å². The Morgan fingerprint density at radius 1 is 1.62 bits per heavy atom. The molecule has 13 heavy (non-hydrogen) atoms. The van der Waals surface area contributed by atoms with Crippen molar-refractivity contribution in [1.29, 1.82) is 0 Å². The summed E-state index contributed by atoms with van der Waals surface area (Å²) in [6.07, 6.45) is 3.64. The second-order valence-corrected chi connectivity index (χ2v) is 3.77. The second-order valence-electron chi connectivity index (χ2n) is 3.77. The summed E-state index contributed by atoms with van der Waals surface area (Å²) in [5.41, 5.74) is 2.20. The maximum Gasteiger partial charge on any atom is 0.250 e. The molecule has 1 saturated heterocycles. The first-order chi connectivity index (χ1) is 6.16. The zero-order valence-electron chi connectivity index (χ0n) is 8.42. The summed E-state index contributed by atoms with van der Waals surface area (Å²) in [5.74, 6) is 5.01. The molecule has 1 amide bonds. The first-order valence-corrected chi connectivity index (χ1v) is 4.93. The van der Waals surface area contributed by atoms with E-state index in [9.17, 15) is 4.79 Å². The number of likely N-dealkylation sites (tertiary alicyclic amines) is 1. The predicted octanol–water partition coefficient (Wildman–Crippen LogP) is 0.239. The van der Waals surface area contributed by atoms with Gasteiger partial charge in [0, 0.05) is 6.04 Å². The van der Waals surface area contributed by atoms with Crippen molar-refractivity contribution in [2.45, 2.75) is 45.2 Å². The SMILES string of the molecule is C[C@@H]1CCCCN1[C@H](C)C(=O)NN. The Kier molecular flexibility index (Phi) is 3.69. The van der Waals surface area contributed by atoms with Gasteiger partial charge in [0.05, 0.1) is 6.04 Å². The van der Waals surface area contributed by atoms with Crippen molar-refractivity contribution in [2.75, 3.05) is 6.54 Å². The zero-order valence-corrected chi connectivity index (χ0v) is 8.42. The quantitative estimate of drug-likeness (QED) is 0.368. The van der Waals surface area contributed by atoms with E-state index in [1.807, 2.05) is 6.92 Å². The molecule has 3 N–H and O–H groups in total. The minimum atomic E-state index is -0.0969. The fourth-order valence-electron chi connectivity index (χ4n) is 1.97. The number of nitrogens with one attached hydrogen (secondary N) is 1. The highest BCUT2D eigenvalue weighted by molar-refractivity contribution is 5.80. The summed E-state index contributed by atoms with van der Waals surface area (Å²) >= 11 is 0. The van der Waals surface area contributed by atoms with Gasteiger partial charge in [0.2, 0.25) is 0 Å². The highest BCUT2D eigenvalue weighted by Gasteiger charge is 2.26. The number of nitrogens with zero attached hydrogens (tertiary/aromatic N) is 1. The van der Waals surface area contributed by atoms with Crippen LogP contribution in [0, 0.1) is 0 Å². The predicted molar refractivity (Wildman–Crippen MR) is 51.8 cm³/mol. The second kappa shape index (κ2) is 4.58. The van der Waals surface area contributed by atoms with Crippen molar-refractivity contribution in [3.05, 3.63) is 0 Å². The zero-order chi connectivity index (χ0) is 9.84. The van der Waals surface area contributed by atoms with Crippen LogP contribution in [-0.4, -0.2) is 29.4 Å². The maximum absolute atomic E-state index is 11.3. The van der Waals surface area contributed by atoms with Gasteiger partial charge < -0.3 is 0 Å². The number of piperidine rings is 1. The van der Waals surface area contributed by atoms with Crippen molar-refractivity contribution in [3.8, 4) is 0 Å². The smallest absolute Gasteiger partial charge is 0.250 e. The number of carbonyl (C=O) groups excluding carboxylic acids is 1. The molecule has 4 heteroatoms. The van der Waals surface area contributed by atoms with Crippen molar-refractivity contribution >= 4 is 5.91 Å². The van der Waals surface area contributed by atoms with Crippen molar-refractivity contribution in [2.24, 2.45) is 5.84 Å². The van der Waals surface area contributed by atoms with Crippen LogP contribution in [0.1, 0.15) is 33.1 Å². The molecule has 0 saturated carbocycles. The van der Waals surface area contributed by atoms with Crippen LogP contribution in [0.25, 0.3) is 0 Å². The number of amides is 1. The molecular weight excluding hydrogens is 166 g/mol. The lowest BCUT2D eigenvalue weighted by atomic mass is 10.0. The lowest BCUT2D eigenvalue weighted by molar-refractivity contribution is -0.127. The fraction of sp³-hybridized carbons (Fsp3) is 0.889. The lowest BCUT2D eigenvalue weighted by Gasteiger charge is -2.36. The molecule has 0 aromatic carbocycles. The summed E-state index contributed by atoms with van der Waals surface area (Å²) in [5, 5.41) is 0. The van der Waals surface area contributed by atoms with Crippen LogP contribution in [0.4, 0.5) is 0 Å². The molecule has 1 rings (SSSR count). The van der Waals surface area contributed by atoms with Gasteiger partial charge in [0.1, 0.15) is 0 Å². The van der Waals surface area contributed by atoms with E-state index in [-0.39, 0.29) is 11.9 Å². The summed E-state index contributed by atoms with van der Waals surface area (Å²) in [7, 11) is 0. The minimum absolute atomic E-state index is 0.0891. The van der Waals surface area contributed by atoms with Crippen LogP contribution in [0.5, 0.6) is 0 Å². The van der Waals surface area contributed by atoms with E-state index in [4.69, 9.17) is 5.84 Å². The maximum atomic E-state index is 11.3. The number of hydrazine groups is 1. The largest absolute Gasteiger partial charge is 0.293 e. The van der Waals surface area contributed by atoms with E-state index in [0.717, 1.165) is 6.54 Å². The number of rotatable bonds is 2. The molecule has 0 aromatic heterocycles. The third-order valence-corrected chi connectivity index (χ3v) is 2.87. The Balaban J connectivity index is 2.53. The fourth-order valence-corrected chi connectivity index (χ4v) is 1.97. The number of hydrogen-bond acceptors (Lipinski definition) is 3. The molecule has 2 atom stereocenters. The molecule has 1 aliphatic heterocycles. The standard InChI is InChI=1S/C9H19N3O/c1-7-5-3-4-6-12(7)8(2)9(13)11-10/h7-8H,3-6,10H2,1-2H3,(H,11,13)/t7-,8-/m1/s1. The van der Waals surface area contributed by atoms with E-state index in [1.165, 1.54) is 19.3 Å². The van der Waals surface area contributed by atoms with Crippen molar-refractivity contribution < 1.29 is 4.79 Å². The van der Waals surface area contributed by atoms with Gasteiger partial charge >= 0.3 is 0 Å². The summed E-state index contributed by atoms with van der Waals surface area (Å²) < 4.78 is 0. The molecular formula is C9H19N3O. The number of carbonyl (C=O) groups is 1. The molecule has 1 fully saturated rings. The molecule has 0 aromatic rings. The first kappa shape index (κ1) is 10.5. The monoisotopic (exact) mass is 185 g/mol. The van der Waals surface area contributed by atoms with Crippen LogP contribution in [0.2, 0.25) is 0 Å². The summed E-state index contributed by atoms with van der Waals surface area (Å²) in [6, 6.07) is 0.404. The summed E-state index contributed by atoms with van der Waals surface area (Å²) in [6.45, 7) is 5.08. The van der Waals surface area contributed by atoms with Crippen LogP contribution in [0.15, 0.2) is 0 Å². The third-order valence-electron chi connectivity index (χ3n) is 2.87. The van der Waals surface area contributed by atoms with E-state index in [1.54, 1.807) is 0 Å². The average molecular weight is 185 g/mol. The third kappa shape index (κ3) is 2.42. The van der Waals surface area contributed by atoms with Gasteiger partial charge in [-0.25, -0.2) is 5.84 Å². The topological polar surface area (TPSA) is 58.4 Å². The van der Waals surface area contributed by atoms with E-state index in [2.05, 4.69) is 17.2 Å². The molecule has 0 bridgehead atoms. The van der Waals surface area contributed by atoms with E-state index < -0.39 is 0 Å². The van der Waals surface area contributed by atoms with Gasteiger partial charge in [-0.3, -0.25) is 15.1 Å². The number of hydrogen-bond donors (Lipinski definition) is 2. The highest BCUT2D eigenvalue weighted by atomic mass is 16.2. The van der Waals surface area contributed by atoms with Gasteiger partial charge in [-0.2, -0.15) is 0 Å². The lowest BCUT2D eigenvalue weighted by Crippen LogP contribution is -2.52. The molecule has 1 aliphatic rings. The molecule has 0 aliphatic carbocycles. The van der Waals surface area contributed by atoms with Crippen molar-refractivity contribution in [3.63, 3.8) is 0 Å². The molecule has 1 heterocycles. The first-order valence-electron chi connectivity index (χ1n) is 4.93. The molecule has 0 radical (unpaired) electrons. The Morgan fingerprint density at radius 2 is 2.31 bits per heavy atom. The Morgan fingerprint density at radius 3 is 2.85 bits per heavy atom. The molecule has 0 spiro atoms. The van der Waals surface area contributed by atoms with Crippen LogP contribution >= 0.6 is 0 Å². The Bertz CT molecular complexity index is 184.